The smallest absolute Gasteiger partial charge is 0.355 e. The van der Waals surface area contributed by atoms with Gasteiger partial charge in [-0.15, -0.1) is 11.3 Å². The van der Waals surface area contributed by atoms with Gasteiger partial charge in [0.1, 0.15) is 0 Å². The van der Waals surface area contributed by atoms with Crippen LogP contribution in [0.2, 0.25) is 0 Å². The first-order valence-corrected chi connectivity index (χ1v) is 5.78. The summed E-state index contributed by atoms with van der Waals surface area (Å²) in [6.07, 6.45) is 1.08. The van der Waals surface area contributed by atoms with Crippen LogP contribution in [-0.2, 0) is 0 Å². The molecule has 0 aromatic carbocycles. The molecular formula is C10H16N2O2S. The van der Waals surface area contributed by atoms with E-state index in [-0.39, 0.29) is 5.69 Å². The van der Waals surface area contributed by atoms with Gasteiger partial charge in [0, 0.05) is 19.0 Å². The number of hydrogen-bond donors (Lipinski definition) is 1. The molecule has 5 heteroatoms. The number of carbonyl (C=O) groups is 1. The average Bonchev–Trinajstić information content (AvgIpc) is 2.62. The van der Waals surface area contributed by atoms with Crippen LogP contribution in [0.25, 0.3) is 0 Å². The van der Waals surface area contributed by atoms with Crippen LogP contribution in [0.4, 0.5) is 5.13 Å². The van der Waals surface area contributed by atoms with Crippen molar-refractivity contribution in [2.24, 2.45) is 5.92 Å². The summed E-state index contributed by atoms with van der Waals surface area (Å²) in [6.45, 7) is 5.24. The molecule has 0 fully saturated rings. The Morgan fingerprint density at radius 3 is 2.80 bits per heavy atom. The zero-order valence-electron chi connectivity index (χ0n) is 9.23. The van der Waals surface area contributed by atoms with Gasteiger partial charge in [-0.1, -0.05) is 13.8 Å². The molecule has 0 bridgehead atoms. The first-order chi connectivity index (χ1) is 7.00. The third kappa shape index (κ3) is 3.51. The van der Waals surface area contributed by atoms with Crippen LogP contribution < -0.4 is 4.90 Å². The molecule has 1 aromatic heterocycles. The maximum atomic E-state index is 10.6. The third-order valence-electron chi connectivity index (χ3n) is 2.08. The normalized spacial score (nSPS) is 10.7. The van der Waals surface area contributed by atoms with E-state index in [4.69, 9.17) is 5.11 Å². The molecule has 0 unspecified atom stereocenters. The molecular weight excluding hydrogens is 212 g/mol. The minimum absolute atomic E-state index is 0.131. The maximum absolute atomic E-state index is 10.6. The van der Waals surface area contributed by atoms with E-state index >= 15 is 0 Å². The van der Waals surface area contributed by atoms with Crippen molar-refractivity contribution in [2.75, 3.05) is 18.5 Å². The highest BCUT2D eigenvalue weighted by molar-refractivity contribution is 7.13. The van der Waals surface area contributed by atoms with Crippen molar-refractivity contribution in [3.05, 3.63) is 11.1 Å². The van der Waals surface area contributed by atoms with Gasteiger partial charge in [-0.3, -0.25) is 0 Å². The lowest BCUT2D eigenvalue weighted by molar-refractivity contribution is 0.0691. The van der Waals surface area contributed by atoms with Crippen molar-refractivity contribution in [3.8, 4) is 0 Å². The van der Waals surface area contributed by atoms with Gasteiger partial charge in [-0.25, -0.2) is 9.78 Å². The van der Waals surface area contributed by atoms with E-state index in [1.165, 1.54) is 11.3 Å². The van der Waals surface area contributed by atoms with Crippen LogP contribution in [0.1, 0.15) is 30.8 Å². The van der Waals surface area contributed by atoms with Crippen LogP contribution in [0.3, 0.4) is 0 Å². The Kier molecular flexibility index (Phi) is 4.08. The summed E-state index contributed by atoms with van der Waals surface area (Å²) in [5.74, 6) is -0.318. The van der Waals surface area contributed by atoms with E-state index in [1.807, 2.05) is 11.9 Å². The van der Waals surface area contributed by atoms with Crippen LogP contribution in [0, 0.1) is 5.92 Å². The number of hydrogen-bond acceptors (Lipinski definition) is 4. The quantitative estimate of drug-likeness (QED) is 0.840. The number of carboxylic acid groups (broad SMARTS) is 1. The van der Waals surface area contributed by atoms with Crippen molar-refractivity contribution < 1.29 is 9.90 Å². The van der Waals surface area contributed by atoms with E-state index in [0.29, 0.717) is 5.92 Å². The van der Waals surface area contributed by atoms with Crippen LogP contribution in [0.5, 0.6) is 0 Å². The lowest BCUT2D eigenvalue weighted by atomic mass is 10.1. The van der Waals surface area contributed by atoms with Gasteiger partial charge >= 0.3 is 5.97 Å². The standard InChI is InChI=1S/C10H16N2O2S/c1-7(2)4-5-12(3)10-11-8(6-15-10)9(13)14/h6-7H,4-5H2,1-3H3,(H,13,14). The van der Waals surface area contributed by atoms with E-state index in [9.17, 15) is 4.79 Å². The van der Waals surface area contributed by atoms with Gasteiger partial charge in [0.25, 0.3) is 0 Å². The minimum Gasteiger partial charge on any atom is -0.476 e. The largest absolute Gasteiger partial charge is 0.476 e. The average molecular weight is 228 g/mol. The van der Waals surface area contributed by atoms with Gasteiger partial charge in [0.2, 0.25) is 0 Å². The van der Waals surface area contributed by atoms with Gasteiger partial charge in [0.15, 0.2) is 10.8 Å². The Morgan fingerprint density at radius 2 is 2.33 bits per heavy atom. The molecule has 1 heterocycles. The summed E-state index contributed by atoms with van der Waals surface area (Å²) in [5, 5.41) is 11.1. The maximum Gasteiger partial charge on any atom is 0.355 e. The Hall–Kier alpha value is -1.10. The number of carboxylic acids is 1. The molecule has 1 aromatic rings. The fourth-order valence-corrected chi connectivity index (χ4v) is 1.88. The molecule has 4 nitrogen and oxygen atoms in total. The lowest BCUT2D eigenvalue weighted by Gasteiger charge is -2.16. The fourth-order valence-electron chi connectivity index (χ4n) is 1.09. The predicted octanol–water partition coefficient (Wildman–Crippen LogP) is 2.32. The summed E-state index contributed by atoms with van der Waals surface area (Å²) in [4.78, 5) is 16.7. The van der Waals surface area contributed by atoms with Gasteiger partial charge in [-0.05, 0) is 12.3 Å². The van der Waals surface area contributed by atoms with E-state index < -0.39 is 5.97 Å². The van der Waals surface area contributed by atoms with E-state index in [0.717, 1.165) is 18.1 Å². The second-order valence-electron chi connectivity index (χ2n) is 3.92. The Balaban J connectivity index is 2.58. The third-order valence-corrected chi connectivity index (χ3v) is 3.03. The first-order valence-electron chi connectivity index (χ1n) is 4.90. The number of rotatable bonds is 5. The zero-order valence-corrected chi connectivity index (χ0v) is 10.0. The topological polar surface area (TPSA) is 53.4 Å². The molecule has 0 aliphatic heterocycles. The highest BCUT2D eigenvalue weighted by Crippen LogP contribution is 2.19. The summed E-state index contributed by atoms with van der Waals surface area (Å²) >= 11 is 1.37. The Labute approximate surface area is 93.6 Å². The minimum atomic E-state index is -0.963. The summed E-state index contributed by atoms with van der Waals surface area (Å²) in [5.41, 5.74) is 0.131. The van der Waals surface area contributed by atoms with Crippen molar-refractivity contribution >= 4 is 22.4 Å². The number of nitrogens with zero attached hydrogens (tertiary/aromatic N) is 2. The Bertz CT molecular complexity index is 336. The predicted molar refractivity (Wildman–Crippen MR) is 61.8 cm³/mol. The van der Waals surface area contributed by atoms with Gasteiger partial charge in [-0.2, -0.15) is 0 Å². The van der Waals surface area contributed by atoms with Crippen molar-refractivity contribution in [1.82, 2.24) is 4.98 Å². The molecule has 0 radical (unpaired) electrons. The zero-order chi connectivity index (χ0) is 11.4. The van der Waals surface area contributed by atoms with E-state index in [2.05, 4.69) is 18.8 Å². The van der Waals surface area contributed by atoms with Crippen LogP contribution >= 0.6 is 11.3 Å². The summed E-state index contributed by atoms with van der Waals surface area (Å²) in [7, 11) is 1.94. The van der Waals surface area contributed by atoms with Crippen molar-refractivity contribution in [2.45, 2.75) is 20.3 Å². The molecule has 0 spiro atoms. The highest BCUT2D eigenvalue weighted by Gasteiger charge is 2.11. The second-order valence-corrected chi connectivity index (χ2v) is 4.76. The fraction of sp³-hybridized carbons (Fsp3) is 0.600. The molecule has 1 rings (SSSR count). The summed E-state index contributed by atoms with van der Waals surface area (Å²) in [6, 6.07) is 0. The van der Waals surface area contributed by atoms with Crippen LogP contribution in [0.15, 0.2) is 5.38 Å². The van der Waals surface area contributed by atoms with Crippen LogP contribution in [-0.4, -0.2) is 29.7 Å². The molecule has 0 saturated heterocycles. The molecule has 0 saturated carbocycles. The second kappa shape index (κ2) is 5.11. The molecule has 15 heavy (non-hydrogen) atoms. The Morgan fingerprint density at radius 1 is 1.67 bits per heavy atom. The SMILES string of the molecule is CC(C)CCN(C)c1nc(C(=O)O)cs1. The van der Waals surface area contributed by atoms with Crippen molar-refractivity contribution in [1.29, 1.82) is 0 Å². The molecule has 0 atom stereocenters. The molecule has 84 valence electrons. The number of aromatic carboxylic acids is 1. The van der Waals surface area contributed by atoms with Gasteiger partial charge in [0.05, 0.1) is 0 Å². The first kappa shape index (κ1) is 12.0. The summed E-state index contributed by atoms with van der Waals surface area (Å²) < 4.78 is 0. The highest BCUT2D eigenvalue weighted by atomic mass is 32.1. The number of aromatic nitrogens is 1. The lowest BCUT2D eigenvalue weighted by Crippen LogP contribution is -2.19. The number of anilines is 1. The van der Waals surface area contributed by atoms with Gasteiger partial charge < -0.3 is 10.0 Å². The molecule has 0 aliphatic rings. The number of thiazole rings is 1. The molecule has 0 amide bonds. The molecule has 1 N–H and O–H groups in total. The molecule has 0 aliphatic carbocycles. The van der Waals surface area contributed by atoms with E-state index in [1.54, 1.807) is 5.38 Å². The monoisotopic (exact) mass is 228 g/mol. The van der Waals surface area contributed by atoms with Crippen molar-refractivity contribution in [3.63, 3.8) is 0 Å².